The molecule has 1 atom stereocenters. The molecule has 0 bridgehead atoms. The van der Waals surface area contributed by atoms with Gasteiger partial charge in [-0.2, -0.15) is 0 Å². The van der Waals surface area contributed by atoms with Gasteiger partial charge >= 0.3 is 0 Å². The molecule has 3 N–H and O–H groups in total. The largest absolute Gasteiger partial charge is 0.493 e. The van der Waals surface area contributed by atoms with Crippen LogP contribution in [-0.2, 0) is 4.79 Å². The van der Waals surface area contributed by atoms with E-state index in [1.54, 1.807) is 0 Å². The van der Waals surface area contributed by atoms with Crippen molar-refractivity contribution >= 4 is 5.91 Å². The Hall–Kier alpha value is -1.59. The maximum Gasteiger partial charge on any atom is 0.223 e. The summed E-state index contributed by atoms with van der Waals surface area (Å²) in [6.45, 7) is 3.29. The third-order valence-electron chi connectivity index (χ3n) is 2.69. The van der Waals surface area contributed by atoms with Crippen molar-refractivity contribution in [2.75, 3.05) is 19.8 Å². The van der Waals surface area contributed by atoms with E-state index in [1.165, 1.54) is 6.92 Å². The lowest BCUT2D eigenvalue weighted by Gasteiger charge is -2.20. The fourth-order valence-corrected chi connectivity index (χ4v) is 1.41. The average molecular weight is 267 g/mol. The van der Waals surface area contributed by atoms with Crippen LogP contribution in [0.4, 0.5) is 0 Å². The zero-order valence-electron chi connectivity index (χ0n) is 11.3. The molecular formula is C14H21NO4. The molecule has 1 rings (SSSR count). The van der Waals surface area contributed by atoms with E-state index in [0.29, 0.717) is 0 Å². The van der Waals surface area contributed by atoms with Crippen LogP contribution in [0, 0.1) is 6.92 Å². The summed E-state index contributed by atoms with van der Waals surface area (Å²) in [6, 6.07) is 7.59. The zero-order valence-corrected chi connectivity index (χ0v) is 11.3. The number of hydrogen-bond donors (Lipinski definition) is 3. The monoisotopic (exact) mass is 267 g/mol. The molecule has 0 aliphatic rings. The minimum atomic E-state index is -1.29. The Balaban J connectivity index is 2.26. The zero-order chi connectivity index (χ0) is 14.3. The third kappa shape index (κ3) is 5.72. The maximum atomic E-state index is 11.5. The molecule has 1 aromatic carbocycles. The lowest BCUT2D eigenvalue weighted by molar-refractivity contribution is -0.123. The number of nitrogens with one attached hydrogen (secondary N) is 1. The SMILES string of the molecule is Cc1ccccc1OCCC(=O)NCC(C)(O)CO. The predicted molar refractivity (Wildman–Crippen MR) is 72.0 cm³/mol. The van der Waals surface area contributed by atoms with Gasteiger partial charge in [-0.05, 0) is 25.5 Å². The highest BCUT2D eigenvalue weighted by Gasteiger charge is 2.19. The van der Waals surface area contributed by atoms with Gasteiger partial charge in [0.2, 0.25) is 5.91 Å². The molecule has 0 fully saturated rings. The first-order valence-corrected chi connectivity index (χ1v) is 6.23. The van der Waals surface area contributed by atoms with Crippen LogP contribution in [0.3, 0.4) is 0 Å². The fraction of sp³-hybridized carbons (Fsp3) is 0.500. The van der Waals surface area contributed by atoms with Gasteiger partial charge in [0.15, 0.2) is 0 Å². The summed E-state index contributed by atoms with van der Waals surface area (Å²) in [5.41, 5.74) is -0.266. The summed E-state index contributed by atoms with van der Waals surface area (Å²) in [5.74, 6) is 0.542. The van der Waals surface area contributed by atoms with E-state index in [4.69, 9.17) is 9.84 Å². The van der Waals surface area contributed by atoms with Crippen LogP contribution in [-0.4, -0.2) is 41.5 Å². The van der Waals surface area contributed by atoms with Gasteiger partial charge in [0, 0.05) is 6.54 Å². The first-order chi connectivity index (χ1) is 8.94. The van der Waals surface area contributed by atoms with Crippen LogP contribution in [0.2, 0.25) is 0 Å². The maximum absolute atomic E-state index is 11.5. The van der Waals surface area contributed by atoms with Crippen molar-refractivity contribution in [2.24, 2.45) is 0 Å². The summed E-state index contributed by atoms with van der Waals surface area (Å²) in [6.07, 6.45) is 0.204. The molecule has 1 aromatic rings. The van der Waals surface area contributed by atoms with E-state index in [9.17, 15) is 9.90 Å². The Morgan fingerprint density at radius 1 is 1.42 bits per heavy atom. The smallest absolute Gasteiger partial charge is 0.223 e. The minimum Gasteiger partial charge on any atom is -0.493 e. The second-order valence-corrected chi connectivity index (χ2v) is 4.80. The molecular weight excluding hydrogens is 246 g/mol. The van der Waals surface area contributed by atoms with Crippen molar-refractivity contribution in [3.05, 3.63) is 29.8 Å². The number of amides is 1. The lowest BCUT2D eigenvalue weighted by atomic mass is 10.1. The van der Waals surface area contributed by atoms with Gasteiger partial charge in [-0.25, -0.2) is 0 Å². The fourth-order valence-electron chi connectivity index (χ4n) is 1.41. The minimum absolute atomic E-state index is 0.0205. The number of ether oxygens (including phenoxy) is 1. The summed E-state index contributed by atoms with van der Waals surface area (Å²) in [7, 11) is 0. The number of para-hydroxylation sites is 1. The quantitative estimate of drug-likeness (QED) is 0.677. The highest BCUT2D eigenvalue weighted by atomic mass is 16.5. The third-order valence-corrected chi connectivity index (χ3v) is 2.69. The molecule has 5 nitrogen and oxygen atoms in total. The molecule has 0 spiro atoms. The van der Waals surface area contributed by atoms with E-state index >= 15 is 0 Å². The van der Waals surface area contributed by atoms with E-state index in [2.05, 4.69) is 5.32 Å². The summed E-state index contributed by atoms with van der Waals surface area (Å²) in [5, 5.41) is 20.9. The molecule has 0 saturated carbocycles. The summed E-state index contributed by atoms with van der Waals surface area (Å²) < 4.78 is 5.49. The second kappa shape index (κ2) is 7.11. The van der Waals surface area contributed by atoms with E-state index in [0.717, 1.165) is 11.3 Å². The average Bonchev–Trinajstić information content (AvgIpc) is 2.39. The number of carbonyl (C=O) groups is 1. The number of aliphatic hydroxyl groups excluding tert-OH is 1. The molecule has 5 heteroatoms. The van der Waals surface area contributed by atoms with Gasteiger partial charge in [0.25, 0.3) is 0 Å². The Labute approximate surface area is 113 Å². The Kier molecular flexibility index (Phi) is 5.79. The molecule has 0 heterocycles. The Morgan fingerprint density at radius 3 is 2.74 bits per heavy atom. The van der Waals surface area contributed by atoms with Gasteiger partial charge in [-0.3, -0.25) is 4.79 Å². The first kappa shape index (κ1) is 15.5. The van der Waals surface area contributed by atoms with Crippen molar-refractivity contribution in [3.8, 4) is 5.75 Å². The lowest BCUT2D eigenvalue weighted by Crippen LogP contribution is -2.43. The first-order valence-electron chi connectivity index (χ1n) is 6.23. The van der Waals surface area contributed by atoms with Crippen LogP contribution >= 0.6 is 0 Å². The van der Waals surface area contributed by atoms with Crippen molar-refractivity contribution in [2.45, 2.75) is 25.9 Å². The number of aliphatic hydroxyl groups is 2. The van der Waals surface area contributed by atoms with Crippen LogP contribution in [0.5, 0.6) is 5.75 Å². The highest BCUT2D eigenvalue weighted by Crippen LogP contribution is 2.16. The molecule has 1 unspecified atom stereocenters. The number of hydrogen-bond acceptors (Lipinski definition) is 4. The molecule has 0 aliphatic heterocycles. The van der Waals surface area contributed by atoms with Crippen molar-refractivity contribution in [1.82, 2.24) is 5.32 Å². The van der Waals surface area contributed by atoms with Crippen LogP contribution in [0.1, 0.15) is 18.9 Å². The molecule has 0 aliphatic carbocycles. The molecule has 0 aromatic heterocycles. The van der Waals surface area contributed by atoms with Gasteiger partial charge in [-0.15, -0.1) is 0 Å². The Morgan fingerprint density at radius 2 is 2.11 bits per heavy atom. The van der Waals surface area contributed by atoms with Gasteiger partial charge in [0.1, 0.15) is 11.4 Å². The number of aryl methyl sites for hydroxylation is 1. The molecule has 106 valence electrons. The summed E-state index contributed by atoms with van der Waals surface area (Å²) in [4.78, 5) is 11.5. The van der Waals surface area contributed by atoms with E-state index in [1.807, 2.05) is 31.2 Å². The van der Waals surface area contributed by atoms with Crippen molar-refractivity contribution in [3.63, 3.8) is 0 Å². The van der Waals surface area contributed by atoms with Crippen molar-refractivity contribution < 1.29 is 19.7 Å². The van der Waals surface area contributed by atoms with Crippen molar-refractivity contribution in [1.29, 1.82) is 0 Å². The normalized spacial score (nSPS) is 13.7. The van der Waals surface area contributed by atoms with E-state index < -0.39 is 12.2 Å². The molecule has 0 saturated heterocycles. The Bertz CT molecular complexity index is 418. The topological polar surface area (TPSA) is 78.8 Å². The number of carbonyl (C=O) groups excluding carboxylic acids is 1. The van der Waals surface area contributed by atoms with Crippen LogP contribution in [0.25, 0.3) is 0 Å². The van der Waals surface area contributed by atoms with Crippen LogP contribution < -0.4 is 10.1 Å². The molecule has 1 amide bonds. The number of benzene rings is 1. The molecule has 19 heavy (non-hydrogen) atoms. The predicted octanol–water partition coefficient (Wildman–Crippen LogP) is 0.623. The standard InChI is InChI=1S/C14H21NO4/c1-11-5-3-4-6-12(11)19-8-7-13(17)15-9-14(2,18)10-16/h3-6,16,18H,7-10H2,1-2H3,(H,15,17). The highest BCUT2D eigenvalue weighted by molar-refractivity contribution is 5.76. The van der Waals surface area contributed by atoms with Gasteiger partial charge in [0.05, 0.1) is 19.6 Å². The van der Waals surface area contributed by atoms with Gasteiger partial charge < -0.3 is 20.3 Å². The second-order valence-electron chi connectivity index (χ2n) is 4.80. The molecule has 0 radical (unpaired) electrons. The van der Waals surface area contributed by atoms with Gasteiger partial charge in [-0.1, -0.05) is 18.2 Å². The summed E-state index contributed by atoms with van der Waals surface area (Å²) >= 11 is 0. The van der Waals surface area contributed by atoms with E-state index in [-0.39, 0.29) is 25.5 Å². The van der Waals surface area contributed by atoms with Crippen LogP contribution in [0.15, 0.2) is 24.3 Å². The number of rotatable bonds is 7.